The predicted octanol–water partition coefficient (Wildman–Crippen LogP) is 2.12. The Morgan fingerprint density at radius 3 is 2.89 bits per heavy atom. The molecule has 1 aromatic carbocycles. The number of hydrogen-bond donors (Lipinski definition) is 0. The summed E-state index contributed by atoms with van der Waals surface area (Å²) in [7, 11) is 3.70. The van der Waals surface area contributed by atoms with Crippen molar-refractivity contribution in [2.75, 3.05) is 20.7 Å². The second-order valence-electron chi connectivity index (χ2n) is 5.72. The van der Waals surface area contributed by atoms with Crippen molar-refractivity contribution in [2.24, 2.45) is 0 Å². The summed E-state index contributed by atoms with van der Waals surface area (Å²) in [6.07, 6.45) is 1.37. The van der Waals surface area contributed by atoms with Crippen LogP contribution in [0.15, 0.2) is 18.2 Å². The van der Waals surface area contributed by atoms with E-state index >= 15 is 0 Å². The molecule has 2 aliphatic heterocycles. The number of likely N-dealkylation sites (N-methyl/N-ethyl adjacent to an activating group) is 1. The van der Waals surface area contributed by atoms with Crippen LogP contribution in [0.2, 0.25) is 0 Å². The van der Waals surface area contributed by atoms with E-state index in [0.717, 1.165) is 18.7 Å². The lowest BCUT2D eigenvalue weighted by Gasteiger charge is -2.34. The van der Waals surface area contributed by atoms with Gasteiger partial charge in [0.2, 0.25) is 0 Å². The first-order chi connectivity index (χ1) is 9.03. The number of fused-ring (bicyclic) bond motifs is 1. The molecule has 0 aliphatic carbocycles. The minimum absolute atomic E-state index is 0.173. The lowest BCUT2D eigenvalue weighted by atomic mass is 9.88. The highest BCUT2D eigenvalue weighted by Gasteiger charge is 2.47. The van der Waals surface area contributed by atoms with Gasteiger partial charge in [0.1, 0.15) is 17.1 Å². The number of carbonyl (C=O) groups is 1. The molecule has 1 fully saturated rings. The lowest BCUT2D eigenvalue weighted by molar-refractivity contribution is 0.0473. The molecule has 1 aromatic rings. The minimum atomic E-state index is -0.357. The number of Topliss-reactive ketones (excluding diaryl/α,β-unsaturated/α-hetero) is 1. The van der Waals surface area contributed by atoms with Crippen LogP contribution in [0, 0.1) is 0 Å². The smallest absolute Gasteiger partial charge is 0.170 e. The second kappa shape index (κ2) is 4.23. The van der Waals surface area contributed by atoms with E-state index in [9.17, 15) is 4.79 Å². The first-order valence-electron chi connectivity index (χ1n) is 6.63. The van der Waals surface area contributed by atoms with E-state index < -0.39 is 0 Å². The van der Waals surface area contributed by atoms with E-state index in [1.807, 2.05) is 12.1 Å². The van der Waals surface area contributed by atoms with Crippen LogP contribution < -0.4 is 9.47 Å². The van der Waals surface area contributed by atoms with E-state index in [4.69, 9.17) is 9.47 Å². The predicted molar refractivity (Wildman–Crippen MR) is 72.0 cm³/mol. The molecule has 0 N–H and O–H groups in total. The van der Waals surface area contributed by atoms with E-state index in [-0.39, 0.29) is 11.4 Å². The molecule has 1 saturated heterocycles. The number of ketones is 1. The third kappa shape index (κ3) is 2.00. The maximum absolute atomic E-state index is 12.3. The second-order valence-corrected chi connectivity index (χ2v) is 5.72. The summed E-state index contributed by atoms with van der Waals surface area (Å²) in [6.45, 7) is 2.97. The van der Waals surface area contributed by atoms with E-state index in [1.165, 1.54) is 0 Å². The third-order valence-electron chi connectivity index (χ3n) is 4.26. The van der Waals surface area contributed by atoms with Gasteiger partial charge in [-0.25, -0.2) is 0 Å². The molecule has 0 radical (unpaired) electrons. The Bertz CT molecular complexity index is 516. The highest BCUT2D eigenvalue weighted by Crippen LogP contribution is 2.41. The molecular weight excluding hydrogens is 242 g/mol. The van der Waals surface area contributed by atoms with Gasteiger partial charge in [0, 0.05) is 25.1 Å². The van der Waals surface area contributed by atoms with Crippen LogP contribution in [-0.2, 0) is 0 Å². The largest absolute Gasteiger partial charge is 0.497 e. The van der Waals surface area contributed by atoms with Gasteiger partial charge in [-0.2, -0.15) is 0 Å². The van der Waals surface area contributed by atoms with Crippen LogP contribution in [0.25, 0.3) is 0 Å². The van der Waals surface area contributed by atoms with Gasteiger partial charge in [-0.1, -0.05) is 0 Å². The summed E-state index contributed by atoms with van der Waals surface area (Å²) >= 11 is 0. The van der Waals surface area contributed by atoms with Crippen molar-refractivity contribution in [3.05, 3.63) is 23.8 Å². The fourth-order valence-corrected chi connectivity index (χ4v) is 3.17. The van der Waals surface area contributed by atoms with Crippen molar-refractivity contribution in [3.63, 3.8) is 0 Å². The Morgan fingerprint density at radius 1 is 1.47 bits per heavy atom. The maximum atomic E-state index is 12.3. The average Bonchev–Trinajstić information content (AvgIpc) is 2.63. The van der Waals surface area contributed by atoms with Crippen molar-refractivity contribution in [1.82, 2.24) is 4.90 Å². The number of carbonyl (C=O) groups excluding carboxylic acids is 1. The maximum Gasteiger partial charge on any atom is 0.170 e. The molecule has 2 heterocycles. The molecule has 19 heavy (non-hydrogen) atoms. The number of likely N-dealkylation sites (tertiary alicyclic amines) is 1. The van der Waals surface area contributed by atoms with E-state index in [1.54, 1.807) is 13.2 Å². The molecule has 0 bridgehead atoms. The molecule has 1 spiro atoms. The van der Waals surface area contributed by atoms with E-state index in [2.05, 4.69) is 18.9 Å². The average molecular weight is 261 g/mol. The summed E-state index contributed by atoms with van der Waals surface area (Å²) in [4.78, 5) is 14.6. The van der Waals surface area contributed by atoms with Crippen molar-refractivity contribution < 1.29 is 14.3 Å². The molecule has 0 aromatic heterocycles. The number of nitrogens with zero attached hydrogens (tertiary/aromatic N) is 1. The Hall–Kier alpha value is -1.55. The highest BCUT2D eigenvalue weighted by molar-refractivity contribution is 6.00. The zero-order chi connectivity index (χ0) is 13.6. The van der Waals surface area contributed by atoms with Gasteiger partial charge in [-0.3, -0.25) is 9.69 Å². The molecule has 4 heteroatoms. The fourth-order valence-electron chi connectivity index (χ4n) is 3.17. The zero-order valence-corrected chi connectivity index (χ0v) is 11.6. The van der Waals surface area contributed by atoms with E-state index in [0.29, 0.717) is 23.8 Å². The molecular formula is C15H19NO3. The minimum Gasteiger partial charge on any atom is -0.497 e. The lowest BCUT2D eigenvalue weighted by Crippen LogP contribution is -2.44. The van der Waals surface area contributed by atoms with Gasteiger partial charge in [-0.15, -0.1) is 0 Å². The SMILES string of the molecule is COc1ccc2c(c1)OC1(CC2=O)CC(C)N(C)C1. The molecule has 4 nitrogen and oxygen atoms in total. The number of methoxy groups -OCH3 is 1. The number of ether oxygens (including phenoxy) is 2. The molecule has 0 saturated carbocycles. The van der Waals surface area contributed by atoms with Gasteiger partial charge in [0.25, 0.3) is 0 Å². The first kappa shape index (κ1) is 12.5. The first-order valence-corrected chi connectivity index (χ1v) is 6.63. The summed E-state index contributed by atoms with van der Waals surface area (Å²) in [6, 6.07) is 5.87. The van der Waals surface area contributed by atoms with Crippen molar-refractivity contribution in [2.45, 2.75) is 31.4 Å². The molecule has 0 amide bonds. The molecule has 2 atom stereocenters. The van der Waals surface area contributed by atoms with Gasteiger partial charge in [-0.05, 0) is 26.1 Å². The zero-order valence-electron chi connectivity index (χ0n) is 11.6. The summed E-state index contributed by atoms with van der Waals surface area (Å²) in [5.41, 5.74) is 0.318. The topological polar surface area (TPSA) is 38.8 Å². The highest BCUT2D eigenvalue weighted by atomic mass is 16.5. The van der Waals surface area contributed by atoms with Gasteiger partial charge < -0.3 is 9.47 Å². The van der Waals surface area contributed by atoms with Gasteiger partial charge in [0.15, 0.2) is 5.78 Å². The van der Waals surface area contributed by atoms with Crippen LogP contribution in [0.1, 0.15) is 30.1 Å². The van der Waals surface area contributed by atoms with Crippen LogP contribution >= 0.6 is 0 Å². The van der Waals surface area contributed by atoms with Gasteiger partial charge in [0.05, 0.1) is 19.1 Å². The van der Waals surface area contributed by atoms with Crippen molar-refractivity contribution >= 4 is 5.78 Å². The summed E-state index contributed by atoms with van der Waals surface area (Å²) in [5.74, 6) is 1.56. The Balaban J connectivity index is 1.97. The number of benzene rings is 1. The quantitative estimate of drug-likeness (QED) is 0.776. The molecule has 2 aliphatic rings. The molecule has 2 unspecified atom stereocenters. The summed E-state index contributed by atoms with van der Waals surface area (Å²) < 4.78 is 11.4. The van der Waals surface area contributed by atoms with Crippen LogP contribution in [-0.4, -0.2) is 43.0 Å². The number of rotatable bonds is 1. The van der Waals surface area contributed by atoms with Gasteiger partial charge >= 0.3 is 0 Å². The Kier molecular flexibility index (Phi) is 2.78. The standard InChI is InChI=1S/C15H19NO3/c1-10-7-15(9-16(10)2)8-13(17)12-5-4-11(18-3)6-14(12)19-15/h4-6,10H,7-9H2,1-3H3. The van der Waals surface area contributed by atoms with Crippen molar-refractivity contribution in [1.29, 1.82) is 0 Å². The molecule has 102 valence electrons. The number of hydrogen-bond acceptors (Lipinski definition) is 4. The Labute approximate surface area is 113 Å². The Morgan fingerprint density at radius 2 is 2.26 bits per heavy atom. The normalized spacial score (nSPS) is 30.3. The fraction of sp³-hybridized carbons (Fsp3) is 0.533. The van der Waals surface area contributed by atoms with Crippen LogP contribution in [0.3, 0.4) is 0 Å². The van der Waals surface area contributed by atoms with Crippen molar-refractivity contribution in [3.8, 4) is 11.5 Å². The molecule has 3 rings (SSSR count). The third-order valence-corrected chi connectivity index (χ3v) is 4.26. The monoisotopic (exact) mass is 261 g/mol. The van der Waals surface area contributed by atoms with Crippen LogP contribution in [0.4, 0.5) is 0 Å². The summed E-state index contributed by atoms with van der Waals surface area (Å²) in [5, 5.41) is 0. The van der Waals surface area contributed by atoms with Crippen LogP contribution in [0.5, 0.6) is 11.5 Å².